The van der Waals surface area contributed by atoms with Gasteiger partial charge in [-0.1, -0.05) is 18.2 Å². The van der Waals surface area contributed by atoms with Gasteiger partial charge in [-0.15, -0.1) is 0 Å². The highest BCUT2D eigenvalue weighted by Gasteiger charge is 2.17. The van der Waals surface area contributed by atoms with Gasteiger partial charge in [-0.05, 0) is 50.8 Å². The first kappa shape index (κ1) is 13.8. The van der Waals surface area contributed by atoms with E-state index in [1.165, 1.54) is 22.3 Å². The molecule has 2 rings (SSSR count). The molecule has 2 N–H and O–H groups in total. The molecule has 1 unspecified atom stereocenters. The van der Waals surface area contributed by atoms with Crippen LogP contribution in [0, 0.1) is 27.7 Å². The highest BCUT2D eigenvalue weighted by atomic mass is 15.3. The molecule has 0 saturated carbocycles. The van der Waals surface area contributed by atoms with Gasteiger partial charge in [0.15, 0.2) is 0 Å². The van der Waals surface area contributed by atoms with Crippen LogP contribution in [0.3, 0.4) is 0 Å². The molecule has 0 amide bonds. The van der Waals surface area contributed by atoms with Crippen LogP contribution in [0.1, 0.15) is 39.7 Å². The van der Waals surface area contributed by atoms with Crippen LogP contribution in [0.5, 0.6) is 0 Å². The number of rotatable bonds is 3. The van der Waals surface area contributed by atoms with Gasteiger partial charge in [0, 0.05) is 24.3 Å². The number of benzene rings is 1. The summed E-state index contributed by atoms with van der Waals surface area (Å²) in [5, 5.41) is 4.44. The summed E-state index contributed by atoms with van der Waals surface area (Å²) >= 11 is 0. The van der Waals surface area contributed by atoms with Gasteiger partial charge in [-0.3, -0.25) is 4.68 Å². The summed E-state index contributed by atoms with van der Waals surface area (Å²) < 4.78 is 1.91. The second kappa shape index (κ2) is 5.17. The molecule has 0 bridgehead atoms. The monoisotopic (exact) mass is 257 g/mol. The standard InChI is InChI=1S/C16H23N3/c1-10-6-7-14(8-11(10)2)9-15(17)16-12(3)18-19(5)13(16)4/h6-8,15H,9,17H2,1-5H3. The maximum Gasteiger partial charge on any atom is 0.0644 e. The molecule has 1 aromatic carbocycles. The third-order valence-corrected chi connectivity index (χ3v) is 3.96. The lowest BCUT2D eigenvalue weighted by Gasteiger charge is -2.14. The molecule has 0 spiro atoms. The van der Waals surface area contributed by atoms with E-state index in [4.69, 9.17) is 5.73 Å². The maximum absolute atomic E-state index is 6.38. The van der Waals surface area contributed by atoms with Crippen LogP contribution in [-0.2, 0) is 13.5 Å². The average Bonchev–Trinajstić information content (AvgIpc) is 2.58. The van der Waals surface area contributed by atoms with Crippen molar-refractivity contribution >= 4 is 0 Å². The molecule has 0 fully saturated rings. The number of nitrogens with two attached hydrogens (primary N) is 1. The van der Waals surface area contributed by atoms with Gasteiger partial charge in [0.2, 0.25) is 0 Å². The second-order valence-electron chi connectivity index (χ2n) is 5.44. The minimum atomic E-state index is 0.0100. The van der Waals surface area contributed by atoms with E-state index < -0.39 is 0 Å². The fraction of sp³-hybridized carbons (Fsp3) is 0.438. The zero-order valence-electron chi connectivity index (χ0n) is 12.5. The minimum absolute atomic E-state index is 0.0100. The van der Waals surface area contributed by atoms with Gasteiger partial charge in [-0.2, -0.15) is 5.10 Å². The predicted octanol–water partition coefficient (Wildman–Crippen LogP) is 2.90. The fourth-order valence-corrected chi connectivity index (χ4v) is 2.61. The molecule has 3 nitrogen and oxygen atoms in total. The van der Waals surface area contributed by atoms with Crippen LogP contribution < -0.4 is 5.73 Å². The molecule has 2 aromatic rings. The Morgan fingerprint density at radius 2 is 1.84 bits per heavy atom. The van der Waals surface area contributed by atoms with Gasteiger partial charge in [0.05, 0.1) is 5.69 Å². The largest absolute Gasteiger partial charge is 0.324 e. The van der Waals surface area contributed by atoms with Crippen LogP contribution in [-0.4, -0.2) is 9.78 Å². The van der Waals surface area contributed by atoms with Crippen molar-refractivity contribution in [2.45, 2.75) is 40.2 Å². The summed E-state index contributed by atoms with van der Waals surface area (Å²) in [5.74, 6) is 0. The van der Waals surface area contributed by atoms with Crippen molar-refractivity contribution in [3.05, 3.63) is 51.8 Å². The Morgan fingerprint density at radius 1 is 1.16 bits per heavy atom. The highest BCUT2D eigenvalue weighted by molar-refractivity contribution is 5.33. The molecule has 1 atom stereocenters. The molecular formula is C16H23N3. The predicted molar refractivity (Wildman–Crippen MR) is 79.2 cm³/mol. The lowest BCUT2D eigenvalue weighted by Crippen LogP contribution is -2.15. The summed E-state index contributed by atoms with van der Waals surface area (Å²) in [6.07, 6.45) is 0.856. The summed E-state index contributed by atoms with van der Waals surface area (Å²) in [7, 11) is 1.97. The number of nitrogens with zero attached hydrogens (tertiary/aromatic N) is 2. The number of hydrogen-bond acceptors (Lipinski definition) is 2. The van der Waals surface area contributed by atoms with Crippen LogP contribution in [0.2, 0.25) is 0 Å². The Morgan fingerprint density at radius 3 is 2.37 bits per heavy atom. The first-order chi connectivity index (χ1) is 8.90. The van der Waals surface area contributed by atoms with E-state index in [1.54, 1.807) is 0 Å². The van der Waals surface area contributed by atoms with Crippen molar-refractivity contribution < 1.29 is 0 Å². The fourth-order valence-electron chi connectivity index (χ4n) is 2.61. The van der Waals surface area contributed by atoms with Gasteiger partial charge in [-0.25, -0.2) is 0 Å². The van der Waals surface area contributed by atoms with Gasteiger partial charge in [0.1, 0.15) is 0 Å². The van der Waals surface area contributed by atoms with E-state index in [-0.39, 0.29) is 6.04 Å². The van der Waals surface area contributed by atoms with E-state index in [0.717, 1.165) is 17.8 Å². The maximum atomic E-state index is 6.38. The molecular weight excluding hydrogens is 234 g/mol. The molecule has 0 aliphatic carbocycles. The van der Waals surface area contributed by atoms with E-state index in [9.17, 15) is 0 Å². The molecule has 0 aliphatic rings. The summed E-state index contributed by atoms with van der Waals surface area (Å²) in [6.45, 7) is 8.39. The molecule has 0 aliphatic heterocycles. The van der Waals surface area contributed by atoms with E-state index in [1.807, 2.05) is 18.7 Å². The van der Waals surface area contributed by atoms with Gasteiger partial charge in [0.25, 0.3) is 0 Å². The van der Waals surface area contributed by atoms with Crippen LogP contribution in [0.25, 0.3) is 0 Å². The first-order valence-electron chi connectivity index (χ1n) is 6.72. The quantitative estimate of drug-likeness (QED) is 0.918. The molecule has 0 saturated heterocycles. The number of aromatic nitrogens is 2. The molecule has 102 valence electrons. The number of aryl methyl sites for hydroxylation is 4. The van der Waals surface area contributed by atoms with Crippen molar-refractivity contribution in [3.8, 4) is 0 Å². The van der Waals surface area contributed by atoms with E-state index >= 15 is 0 Å². The van der Waals surface area contributed by atoms with Crippen molar-refractivity contribution in [1.82, 2.24) is 9.78 Å². The number of hydrogen-bond donors (Lipinski definition) is 1. The highest BCUT2D eigenvalue weighted by Crippen LogP contribution is 2.23. The molecule has 0 radical (unpaired) electrons. The Bertz CT molecular complexity index is 596. The Balaban J connectivity index is 2.25. The summed E-state index contributed by atoms with van der Waals surface area (Å²) in [4.78, 5) is 0. The normalized spacial score (nSPS) is 12.7. The van der Waals surface area contributed by atoms with Crippen LogP contribution >= 0.6 is 0 Å². The second-order valence-corrected chi connectivity index (χ2v) is 5.44. The molecule has 3 heteroatoms. The van der Waals surface area contributed by atoms with E-state index in [2.05, 4.69) is 44.1 Å². The Kier molecular flexibility index (Phi) is 3.76. The summed E-state index contributed by atoms with van der Waals surface area (Å²) in [6, 6.07) is 6.58. The van der Waals surface area contributed by atoms with Crippen molar-refractivity contribution in [3.63, 3.8) is 0 Å². The Labute approximate surface area is 115 Å². The zero-order valence-corrected chi connectivity index (χ0v) is 12.5. The zero-order chi connectivity index (χ0) is 14.2. The SMILES string of the molecule is Cc1ccc(CC(N)c2c(C)nn(C)c2C)cc1C. The topological polar surface area (TPSA) is 43.8 Å². The third kappa shape index (κ3) is 2.71. The van der Waals surface area contributed by atoms with Crippen LogP contribution in [0.4, 0.5) is 0 Å². The Hall–Kier alpha value is -1.61. The van der Waals surface area contributed by atoms with Crippen molar-refractivity contribution in [2.75, 3.05) is 0 Å². The smallest absolute Gasteiger partial charge is 0.0644 e. The van der Waals surface area contributed by atoms with Gasteiger partial charge < -0.3 is 5.73 Å². The molecule has 1 aromatic heterocycles. The van der Waals surface area contributed by atoms with Crippen molar-refractivity contribution in [2.24, 2.45) is 12.8 Å². The van der Waals surface area contributed by atoms with E-state index in [0.29, 0.717) is 0 Å². The molecule has 1 heterocycles. The lowest BCUT2D eigenvalue weighted by molar-refractivity contribution is 0.700. The van der Waals surface area contributed by atoms with Crippen molar-refractivity contribution in [1.29, 1.82) is 0 Å². The average molecular weight is 257 g/mol. The molecule has 19 heavy (non-hydrogen) atoms. The third-order valence-electron chi connectivity index (χ3n) is 3.96. The van der Waals surface area contributed by atoms with Crippen LogP contribution in [0.15, 0.2) is 18.2 Å². The first-order valence-corrected chi connectivity index (χ1v) is 6.72. The van der Waals surface area contributed by atoms with Gasteiger partial charge >= 0.3 is 0 Å². The summed E-state index contributed by atoms with van der Waals surface area (Å²) in [5.41, 5.74) is 13.7. The lowest BCUT2D eigenvalue weighted by atomic mass is 9.96. The minimum Gasteiger partial charge on any atom is -0.324 e.